The van der Waals surface area contributed by atoms with Gasteiger partial charge in [-0.2, -0.15) is 0 Å². The number of anilines is 2. The summed E-state index contributed by atoms with van der Waals surface area (Å²) in [6.07, 6.45) is 0. The highest BCUT2D eigenvalue weighted by Gasteiger charge is 2.19. The Morgan fingerprint density at radius 3 is 2.61 bits per heavy atom. The van der Waals surface area contributed by atoms with Crippen LogP contribution in [-0.2, 0) is 11.4 Å². The number of carbonyl (C=O) groups excluding carboxylic acids is 2. The molecule has 4 aromatic rings. The number of aryl methyl sites for hydroxylation is 1. The summed E-state index contributed by atoms with van der Waals surface area (Å²) >= 11 is 13.1. The van der Waals surface area contributed by atoms with Crippen LogP contribution in [0, 0.1) is 6.92 Å². The summed E-state index contributed by atoms with van der Waals surface area (Å²) in [6, 6.07) is 19.3. The molecular formula is C28H26Cl2N4O4. The first kappa shape index (κ1) is 27.0. The Hall–Kier alpha value is -4.01. The molecule has 0 atom stereocenters. The molecule has 10 heteroatoms. The van der Waals surface area contributed by atoms with Crippen molar-refractivity contribution in [3.05, 3.63) is 88.0 Å². The normalized spacial score (nSPS) is 10.7. The Morgan fingerprint density at radius 2 is 1.82 bits per heavy atom. The summed E-state index contributed by atoms with van der Waals surface area (Å²) in [6.45, 7) is 1.69. The summed E-state index contributed by atoms with van der Waals surface area (Å²) in [4.78, 5) is 31.0. The van der Waals surface area contributed by atoms with Crippen LogP contribution < -0.4 is 25.0 Å². The average molecular weight is 553 g/mol. The van der Waals surface area contributed by atoms with Gasteiger partial charge in [0.15, 0.2) is 0 Å². The van der Waals surface area contributed by atoms with Crippen LogP contribution in [0.2, 0.25) is 10.0 Å². The lowest BCUT2D eigenvalue weighted by Gasteiger charge is -2.21. The quantitative estimate of drug-likeness (QED) is 0.270. The summed E-state index contributed by atoms with van der Waals surface area (Å²) in [5.41, 5.74) is 3.11. The standard InChI is InChI=1S/C28H26Cl2N4O4/c1-17-25(13-18-7-4-5-10-23(18)32-17)38-16-21-22(29)11-12-24(27(21)30)34(2)26(35)15-31-28(36)33-19-8-6-9-20(14-19)37-3/h4-14H,15-16H2,1-3H3,(H2,31,33,36). The van der Waals surface area contributed by atoms with E-state index in [1.54, 1.807) is 43.4 Å². The number of para-hydroxylation sites is 1. The van der Waals surface area contributed by atoms with Crippen molar-refractivity contribution in [3.63, 3.8) is 0 Å². The van der Waals surface area contributed by atoms with E-state index in [-0.39, 0.29) is 24.1 Å². The van der Waals surface area contributed by atoms with E-state index in [0.29, 0.717) is 33.5 Å². The zero-order valence-corrected chi connectivity index (χ0v) is 22.6. The number of carbonyl (C=O) groups is 2. The van der Waals surface area contributed by atoms with Crippen molar-refractivity contribution in [2.45, 2.75) is 13.5 Å². The van der Waals surface area contributed by atoms with Crippen LogP contribution in [0.4, 0.5) is 16.2 Å². The monoisotopic (exact) mass is 552 g/mol. The molecule has 0 aliphatic heterocycles. The maximum Gasteiger partial charge on any atom is 0.319 e. The second-order valence-corrected chi connectivity index (χ2v) is 9.19. The number of nitrogens with one attached hydrogen (secondary N) is 2. The number of pyridine rings is 1. The van der Waals surface area contributed by atoms with Crippen molar-refractivity contribution in [2.75, 3.05) is 30.9 Å². The van der Waals surface area contributed by atoms with Crippen molar-refractivity contribution >= 4 is 57.4 Å². The molecule has 3 amide bonds. The molecule has 0 bridgehead atoms. The molecule has 0 saturated heterocycles. The third kappa shape index (κ3) is 6.27. The number of aromatic nitrogens is 1. The van der Waals surface area contributed by atoms with Crippen LogP contribution in [0.15, 0.2) is 66.7 Å². The van der Waals surface area contributed by atoms with Gasteiger partial charge in [-0.3, -0.25) is 4.79 Å². The van der Waals surface area contributed by atoms with E-state index in [2.05, 4.69) is 15.6 Å². The Kier molecular flexibility index (Phi) is 8.55. The van der Waals surface area contributed by atoms with E-state index < -0.39 is 6.03 Å². The minimum Gasteiger partial charge on any atom is -0.497 e. The summed E-state index contributed by atoms with van der Waals surface area (Å²) in [5.74, 6) is 0.830. The van der Waals surface area contributed by atoms with Gasteiger partial charge in [-0.25, -0.2) is 9.78 Å². The predicted octanol–water partition coefficient (Wildman–Crippen LogP) is 6.22. The van der Waals surface area contributed by atoms with Crippen LogP contribution in [0.25, 0.3) is 10.9 Å². The van der Waals surface area contributed by atoms with Crippen molar-refractivity contribution in [1.29, 1.82) is 0 Å². The molecule has 0 saturated carbocycles. The number of fused-ring (bicyclic) bond motifs is 1. The molecule has 0 radical (unpaired) electrons. The van der Waals surface area contributed by atoms with Gasteiger partial charge in [0, 0.05) is 34.8 Å². The Balaban J connectivity index is 1.41. The van der Waals surface area contributed by atoms with Gasteiger partial charge in [0.25, 0.3) is 0 Å². The fourth-order valence-electron chi connectivity index (χ4n) is 3.75. The van der Waals surface area contributed by atoms with E-state index in [4.69, 9.17) is 32.7 Å². The van der Waals surface area contributed by atoms with Crippen LogP contribution in [-0.4, -0.2) is 37.6 Å². The number of nitrogens with zero attached hydrogens (tertiary/aromatic N) is 2. The summed E-state index contributed by atoms with van der Waals surface area (Å²) < 4.78 is 11.2. The average Bonchev–Trinajstić information content (AvgIpc) is 2.91. The summed E-state index contributed by atoms with van der Waals surface area (Å²) in [7, 11) is 3.11. The lowest BCUT2D eigenvalue weighted by molar-refractivity contribution is -0.117. The minimum atomic E-state index is -0.532. The molecule has 2 N–H and O–H groups in total. The van der Waals surface area contributed by atoms with E-state index in [1.807, 2.05) is 37.3 Å². The lowest BCUT2D eigenvalue weighted by Crippen LogP contribution is -2.40. The fourth-order valence-corrected chi connectivity index (χ4v) is 4.36. The van der Waals surface area contributed by atoms with E-state index in [0.717, 1.165) is 16.6 Å². The lowest BCUT2D eigenvalue weighted by atomic mass is 10.1. The van der Waals surface area contributed by atoms with Crippen LogP contribution >= 0.6 is 23.2 Å². The molecule has 38 heavy (non-hydrogen) atoms. The van der Waals surface area contributed by atoms with E-state index in [1.165, 1.54) is 12.0 Å². The number of amides is 3. The molecule has 0 aliphatic rings. The first-order valence-electron chi connectivity index (χ1n) is 11.7. The molecule has 8 nitrogen and oxygen atoms in total. The first-order chi connectivity index (χ1) is 18.3. The number of benzene rings is 3. The maximum atomic E-state index is 12.8. The van der Waals surface area contributed by atoms with Crippen LogP contribution in [0.5, 0.6) is 11.5 Å². The molecule has 0 aliphatic carbocycles. The fraction of sp³-hybridized carbons (Fsp3) is 0.179. The smallest absolute Gasteiger partial charge is 0.319 e. The summed E-state index contributed by atoms with van der Waals surface area (Å²) in [5, 5.41) is 6.84. The predicted molar refractivity (Wildman–Crippen MR) is 151 cm³/mol. The Labute approximate surface area is 230 Å². The van der Waals surface area contributed by atoms with Gasteiger partial charge >= 0.3 is 6.03 Å². The van der Waals surface area contributed by atoms with Gasteiger partial charge in [0.05, 0.1) is 35.6 Å². The van der Waals surface area contributed by atoms with Gasteiger partial charge in [-0.1, -0.05) is 47.5 Å². The molecule has 0 fully saturated rings. The highest BCUT2D eigenvalue weighted by atomic mass is 35.5. The highest BCUT2D eigenvalue weighted by molar-refractivity contribution is 6.38. The van der Waals surface area contributed by atoms with Crippen molar-refractivity contribution in [1.82, 2.24) is 10.3 Å². The number of hydrogen-bond donors (Lipinski definition) is 2. The van der Waals surface area contributed by atoms with Gasteiger partial charge in [0.1, 0.15) is 18.1 Å². The van der Waals surface area contributed by atoms with Gasteiger partial charge < -0.3 is 25.0 Å². The van der Waals surface area contributed by atoms with Gasteiger partial charge in [-0.15, -0.1) is 0 Å². The number of hydrogen-bond acceptors (Lipinski definition) is 5. The third-order valence-corrected chi connectivity index (χ3v) is 6.64. The number of urea groups is 1. The second-order valence-electron chi connectivity index (χ2n) is 8.40. The number of ether oxygens (including phenoxy) is 2. The van der Waals surface area contributed by atoms with E-state index in [9.17, 15) is 9.59 Å². The molecule has 0 unspecified atom stereocenters. The van der Waals surface area contributed by atoms with Crippen molar-refractivity contribution < 1.29 is 19.1 Å². The first-order valence-corrected chi connectivity index (χ1v) is 12.4. The zero-order chi connectivity index (χ0) is 27.2. The molecule has 4 rings (SSSR count). The largest absolute Gasteiger partial charge is 0.497 e. The van der Waals surface area contributed by atoms with Crippen LogP contribution in [0.3, 0.4) is 0 Å². The van der Waals surface area contributed by atoms with Crippen molar-refractivity contribution in [3.8, 4) is 11.5 Å². The molecule has 0 spiro atoms. The minimum absolute atomic E-state index is 0.0790. The number of halogens is 2. The Morgan fingerprint density at radius 1 is 1.03 bits per heavy atom. The van der Waals surface area contributed by atoms with Gasteiger partial charge in [0.2, 0.25) is 5.91 Å². The van der Waals surface area contributed by atoms with Crippen LogP contribution in [0.1, 0.15) is 11.3 Å². The van der Waals surface area contributed by atoms with Gasteiger partial charge in [-0.05, 0) is 43.3 Å². The highest BCUT2D eigenvalue weighted by Crippen LogP contribution is 2.35. The second kappa shape index (κ2) is 12.0. The molecular weight excluding hydrogens is 527 g/mol. The topological polar surface area (TPSA) is 92.8 Å². The van der Waals surface area contributed by atoms with E-state index >= 15 is 0 Å². The molecule has 1 aromatic heterocycles. The molecule has 196 valence electrons. The molecule has 1 heterocycles. The SMILES string of the molecule is COc1cccc(NC(=O)NCC(=O)N(C)c2ccc(Cl)c(COc3cc4ccccc4nc3C)c2Cl)c1. The third-order valence-electron chi connectivity index (χ3n) is 5.87. The Bertz CT molecular complexity index is 1500. The van der Waals surface area contributed by atoms with Crippen molar-refractivity contribution in [2.24, 2.45) is 0 Å². The molecule has 3 aromatic carbocycles. The maximum absolute atomic E-state index is 12.8. The number of methoxy groups -OCH3 is 1. The number of rotatable bonds is 8. The number of likely N-dealkylation sites (N-methyl/N-ethyl adjacent to an activating group) is 1. The zero-order valence-electron chi connectivity index (χ0n) is 21.0.